The molecular weight excluding hydrogens is 290 g/mol. The summed E-state index contributed by atoms with van der Waals surface area (Å²) in [6.45, 7) is 8.33. The van der Waals surface area contributed by atoms with Gasteiger partial charge in [-0.05, 0) is 25.8 Å². The maximum absolute atomic E-state index is 12.2. The van der Waals surface area contributed by atoms with Crippen molar-refractivity contribution in [1.29, 1.82) is 0 Å². The molecule has 0 amide bonds. The number of carbonyl (C=O) groups excluding carboxylic acids is 1. The van der Waals surface area contributed by atoms with Crippen molar-refractivity contribution in [2.45, 2.75) is 51.7 Å². The molecule has 0 bridgehead atoms. The maximum Gasteiger partial charge on any atom is 0.213 e. The number of aromatic nitrogens is 1. The molecule has 116 valence electrons. The van der Waals surface area contributed by atoms with Gasteiger partial charge in [0.15, 0.2) is 5.78 Å². The van der Waals surface area contributed by atoms with Crippen molar-refractivity contribution in [3.63, 3.8) is 0 Å². The average Bonchev–Trinajstić information content (AvgIpc) is 2.63. The standard InChI is InChI=1S/C16H22ClNO3/c1-11(2)16(4)13(19)9-15(3,21-16)7-8-20-14-6-5-12(17)10-18-14/h5-6,10-11H,7-9H2,1-4H3. The normalized spacial score (nSPS) is 29.1. The van der Waals surface area contributed by atoms with E-state index >= 15 is 0 Å². The molecule has 2 heterocycles. The van der Waals surface area contributed by atoms with Crippen LogP contribution in [0, 0.1) is 5.92 Å². The van der Waals surface area contributed by atoms with Gasteiger partial charge in [-0.1, -0.05) is 25.4 Å². The molecule has 21 heavy (non-hydrogen) atoms. The lowest BCUT2D eigenvalue weighted by molar-refractivity contribution is -0.145. The van der Waals surface area contributed by atoms with Gasteiger partial charge < -0.3 is 9.47 Å². The van der Waals surface area contributed by atoms with Gasteiger partial charge in [0.25, 0.3) is 0 Å². The molecular formula is C16H22ClNO3. The smallest absolute Gasteiger partial charge is 0.213 e. The minimum Gasteiger partial charge on any atom is -0.478 e. The van der Waals surface area contributed by atoms with Gasteiger partial charge in [-0.15, -0.1) is 0 Å². The van der Waals surface area contributed by atoms with Crippen LogP contribution >= 0.6 is 11.6 Å². The van der Waals surface area contributed by atoms with Crippen molar-refractivity contribution in [2.75, 3.05) is 6.61 Å². The largest absolute Gasteiger partial charge is 0.478 e. The van der Waals surface area contributed by atoms with E-state index in [0.29, 0.717) is 30.4 Å². The van der Waals surface area contributed by atoms with E-state index in [1.165, 1.54) is 0 Å². The topological polar surface area (TPSA) is 48.4 Å². The summed E-state index contributed by atoms with van der Waals surface area (Å²) in [6, 6.07) is 3.46. The van der Waals surface area contributed by atoms with Crippen molar-refractivity contribution in [2.24, 2.45) is 5.92 Å². The van der Waals surface area contributed by atoms with E-state index in [1.807, 2.05) is 27.7 Å². The summed E-state index contributed by atoms with van der Waals surface area (Å²) in [4.78, 5) is 16.3. The molecule has 0 spiro atoms. The van der Waals surface area contributed by atoms with E-state index in [2.05, 4.69) is 4.98 Å². The molecule has 0 N–H and O–H groups in total. The number of pyridine rings is 1. The Labute approximate surface area is 130 Å². The van der Waals surface area contributed by atoms with Crippen LogP contribution in [0.2, 0.25) is 5.02 Å². The number of hydrogen-bond acceptors (Lipinski definition) is 4. The van der Waals surface area contributed by atoms with Crippen LogP contribution in [0.3, 0.4) is 0 Å². The summed E-state index contributed by atoms with van der Waals surface area (Å²) in [5.41, 5.74) is -1.16. The second kappa shape index (κ2) is 5.93. The van der Waals surface area contributed by atoms with Crippen LogP contribution in [0.1, 0.15) is 40.5 Å². The molecule has 1 aromatic rings. The molecule has 1 fully saturated rings. The third-order valence-corrected chi connectivity index (χ3v) is 4.45. The van der Waals surface area contributed by atoms with Crippen LogP contribution in [-0.2, 0) is 9.53 Å². The second-order valence-electron chi connectivity index (χ2n) is 6.33. The molecule has 1 aliphatic rings. The Balaban J connectivity index is 1.91. The van der Waals surface area contributed by atoms with Crippen LogP contribution in [0.15, 0.2) is 18.3 Å². The highest BCUT2D eigenvalue weighted by atomic mass is 35.5. The highest BCUT2D eigenvalue weighted by Crippen LogP contribution is 2.41. The van der Waals surface area contributed by atoms with Crippen molar-refractivity contribution in [3.05, 3.63) is 23.4 Å². The maximum atomic E-state index is 12.2. The molecule has 0 aliphatic carbocycles. The first kappa shape index (κ1) is 16.2. The van der Waals surface area contributed by atoms with E-state index < -0.39 is 11.2 Å². The summed E-state index contributed by atoms with van der Waals surface area (Å²) >= 11 is 5.77. The summed E-state index contributed by atoms with van der Waals surface area (Å²) in [6.07, 6.45) is 2.62. The minimum absolute atomic E-state index is 0.158. The van der Waals surface area contributed by atoms with Crippen LogP contribution in [0.25, 0.3) is 0 Å². The van der Waals surface area contributed by atoms with Crippen LogP contribution in [-0.4, -0.2) is 28.6 Å². The number of ether oxygens (including phenoxy) is 2. The Morgan fingerprint density at radius 2 is 2.14 bits per heavy atom. The number of halogens is 1. The lowest BCUT2D eigenvalue weighted by atomic mass is 9.87. The lowest BCUT2D eigenvalue weighted by Crippen LogP contribution is -2.40. The summed E-state index contributed by atoms with van der Waals surface area (Å²) in [5, 5.41) is 0.576. The predicted octanol–water partition coefficient (Wildman–Crippen LogP) is 3.67. The fourth-order valence-electron chi connectivity index (χ4n) is 2.52. The van der Waals surface area contributed by atoms with E-state index in [0.717, 1.165) is 0 Å². The van der Waals surface area contributed by atoms with Gasteiger partial charge in [0.1, 0.15) is 5.60 Å². The Bertz CT molecular complexity index is 517. The predicted molar refractivity (Wildman–Crippen MR) is 81.7 cm³/mol. The van der Waals surface area contributed by atoms with E-state index in [1.54, 1.807) is 18.3 Å². The van der Waals surface area contributed by atoms with Crippen molar-refractivity contribution in [1.82, 2.24) is 4.98 Å². The average molecular weight is 312 g/mol. The van der Waals surface area contributed by atoms with Gasteiger partial charge in [0, 0.05) is 25.1 Å². The van der Waals surface area contributed by atoms with Crippen LogP contribution < -0.4 is 4.74 Å². The van der Waals surface area contributed by atoms with Gasteiger partial charge in [-0.25, -0.2) is 4.98 Å². The highest BCUT2D eigenvalue weighted by molar-refractivity contribution is 6.30. The van der Waals surface area contributed by atoms with Gasteiger partial charge in [-0.3, -0.25) is 4.79 Å². The first-order valence-electron chi connectivity index (χ1n) is 7.23. The fourth-order valence-corrected chi connectivity index (χ4v) is 2.63. The summed E-state index contributed by atoms with van der Waals surface area (Å²) in [5.74, 6) is 0.856. The van der Waals surface area contributed by atoms with Gasteiger partial charge in [-0.2, -0.15) is 0 Å². The Kier molecular flexibility index (Phi) is 4.59. The first-order valence-corrected chi connectivity index (χ1v) is 7.61. The first-order chi connectivity index (χ1) is 9.75. The number of carbonyl (C=O) groups is 1. The third kappa shape index (κ3) is 3.55. The number of rotatable bonds is 5. The molecule has 2 rings (SSSR count). The lowest BCUT2D eigenvalue weighted by Gasteiger charge is -2.31. The van der Waals surface area contributed by atoms with E-state index in [-0.39, 0.29) is 11.7 Å². The third-order valence-electron chi connectivity index (χ3n) is 4.23. The van der Waals surface area contributed by atoms with Gasteiger partial charge in [0.05, 0.1) is 17.2 Å². The summed E-state index contributed by atoms with van der Waals surface area (Å²) in [7, 11) is 0. The zero-order valence-corrected chi connectivity index (χ0v) is 13.7. The molecule has 2 unspecified atom stereocenters. The zero-order chi connectivity index (χ0) is 15.7. The molecule has 0 aromatic carbocycles. The fraction of sp³-hybridized carbons (Fsp3) is 0.625. The molecule has 4 nitrogen and oxygen atoms in total. The second-order valence-corrected chi connectivity index (χ2v) is 6.76. The molecule has 1 saturated heterocycles. The minimum atomic E-state index is -0.687. The monoisotopic (exact) mass is 311 g/mol. The van der Waals surface area contributed by atoms with Crippen molar-refractivity contribution in [3.8, 4) is 5.88 Å². The Morgan fingerprint density at radius 3 is 2.67 bits per heavy atom. The number of Topliss-reactive ketones (excluding diaryl/α,β-unsaturated/α-hetero) is 1. The van der Waals surface area contributed by atoms with E-state index in [4.69, 9.17) is 21.1 Å². The van der Waals surface area contributed by atoms with Crippen molar-refractivity contribution >= 4 is 17.4 Å². The SMILES string of the molecule is CC(C)C1(C)OC(C)(CCOc2ccc(Cl)cn2)CC1=O. The van der Waals surface area contributed by atoms with Crippen LogP contribution in [0.4, 0.5) is 0 Å². The summed E-state index contributed by atoms with van der Waals surface area (Å²) < 4.78 is 11.7. The molecule has 1 aliphatic heterocycles. The molecule has 0 saturated carbocycles. The van der Waals surface area contributed by atoms with Crippen LogP contribution in [0.5, 0.6) is 5.88 Å². The Morgan fingerprint density at radius 1 is 1.43 bits per heavy atom. The van der Waals surface area contributed by atoms with Gasteiger partial charge in [0.2, 0.25) is 5.88 Å². The highest BCUT2D eigenvalue weighted by Gasteiger charge is 2.51. The zero-order valence-electron chi connectivity index (χ0n) is 13.0. The molecule has 1 aromatic heterocycles. The quantitative estimate of drug-likeness (QED) is 0.832. The molecule has 5 heteroatoms. The molecule has 2 atom stereocenters. The number of nitrogens with zero attached hydrogens (tertiary/aromatic N) is 1. The Hall–Kier alpha value is -1.13. The molecule has 0 radical (unpaired) electrons. The number of ketones is 1. The van der Waals surface area contributed by atoms with E-state index in [9.17, 15) is 4.79 Å². The number of hydrogen-bond donors (Lipinski definition) is 0. The van der Waals surface area contributed by atoms with Gasteiger partial charge >= 0.3 is 0 Å². The van der Waals surface area contributed by atoms with Crippen molar-refractivity contribution < 1.29 is 14.3 Å².